The second kappa shape index (κ2) is 22.0. The minimum atomic E-state index is -2.33. The van der Waals surface area contributed by atoms with Gasteiger partial charge < -0.3 is 14.9 Å². The fourth-order valence-electron chi connectivity index (χ4n) is 2.78. The molecule has 0 rings (SSSR count). The summed E-state index contributed by atoms with van der Waals surface area (Å²) in [5.74, 6) is 0. The zero-order valence-electron chi connectivity index (χ0n) is 15.4. The summed E-state index contributed by atoms with van der Waals surface area (Å²) in [6.07, 6.45) is 21.2. The molecule has 0 heterocycles. The van der Waals surface area contributed by atoms with Gasteiger partial charge in [0.25, 0.3) is 0 Å². The quantitative estimate of drug-likeness (QED) is 0.235. The number of hydrogen-bond donors (Lipinski definition) is 1. The Morgan fingerprint density at radius 2 is 0.957 bits per heavy atom. The molecule has 0 aromatic rings. The lowest BCUT2D eigenvalue weighted by Gasteiger charge is -2.05. The lowest BCUT2D eigenvalue weighted by molar-refractivity contribution is 0.290. The summed E-state index contributed by atoms with van der Waals surface area (Å²) >= 11 is -2.33. The van der Waals surface area contributed by atoms with Crippen LogP contribution in [0, 0.1) is 0 Å². The van der Waals surface area contributed by atoms with Gasteiger partial charge in [-0.2, -0.15) is 0 Å². The highest BCUT2D eigenvalue weighted by Crippen LogP contribution is 2.13. The first-order valence-corrected chi connectivity index (χ1v) is 10.5. The van der Waals surface area contributed by atoms with Crippen LogP contribution in [0.5, 0.6) is 0 Å². The van der Waals surface area contributed by atoms with Crippen LogP contribution in [-0.2, 0) is 15.5 Å². The average Bonchev–Trinajstić information content (AvgIpc) is 2.50. The molecule has 0 spiro atoms. The van der Waals surface area contributed by atoms with Gasteiger partial charge in [-0.3, -0.25) is 0 Å². The van der Waals surface area contributed by atoms with E-state index in [1.54, 1.807) is 0 Å². The lowest BCUT2D eigenvalue weighted by Crippen LogP contribution is -1.97. The number of unbranched alkanes of at least 4 members (excludes halogenated alkanes) is 15. The Bertz CT molecular complexity index is 240. The van der Waals surface area contributed by atoms with Gasteiger partial charge in [0.15, 0.2) is 0 Å². The summed E-state index contributed by atoms with van der Waals surface area (Å²) in [5, 5.41) is 0. The van der Waals surface area contributed by atoms with Crippen LogP contribution in [0.25, 0.3) is 0 Å². The molecule has 4 nitrogen and oxygen atoms in total. The van der Waals surface area contributed by atoms with Gasteiger partial charge in [0.05, 0.1) is 18.0 Å². The summed E-state index contributed by atoms with van der Waals surface area (Å²) in [6, 6.07) is 0. The first kappa shape index (κ1) is 25.3. The van der Waals surface area contributed by atoms with Crippen molar-refractivity contribution in [2.24, 2.45) is 0 Å². The molecule has 0 aromatic carbocycles. The van der Waals surface area contributed by atoms with Crippen molar-refractivity contribution < 1.29 is 12.9 Å². The van der Waals surface area contributed by atoms with Gasteiger partial charge in [0.2, 0.25) is 0 Å². The third kappa shape index (κ3) is 24.4. The molecule has 0 amide bonds. The van der Waals surface area contributed by atoms with Crippen LogP contribution in [0.2, 0.25) is 0 Å². The highest BCUT2D eigenvalue weighted by Gasteiger charge is 1.94. The van der Waals surface area contributed by atoms with Gasteiger partial charge in [-0.1, -0.05) is 103 Å². The highest BCUT2D eigenvalue weighted by molar-refractivity contribution is 7.74. The van der Waals surface area contributed by atoms with Crippen LogP contribution >= 0.6 is 0 Å². The van der Waals surface area contributed by atoms with Crippen molar-refractivity contribution >= 4 is 11.4 Å². The van der Waals surface area contributed by atoms with Crippen molar-refractivity contribution in [1.29, 1.82) is 0 Å². The van der Waals surface area contributed by atoms with E-state index in [-0.39, 0.29) is 6.15 Å². The van der Waals surface area contributed by atoms with Gasteiger partial charge in [0.1, 0.15) is 0 Å². The standard InChI is InChI=1S/C18H38O3S.H3N/c1-2-3-4-5-6-7-8-9-10-11-12-13-14-15-16-17-18-21-22(19)20;/h2-18H2,1H3,(H,19,20);1H3/p-1. The third-order valence-corrected chi connectivity index (χ3v) is 4.54. The van der Waals surface area contributed by atoms with Gasteiger partial charge in [-0.15, -0.1) is 0 Å². The Balaban J connectivity index is 0. The molecule has 142 valence electrons. The van der Waals surface area contributed by atoms with E-state index in [4.69, 9.17) is 0 Å². The maximum atomic E-state index is 10.1. The van der Waals surface area contributed by atoms with E-state index < -0.39 is 11.4 Å². The van der Waals surface area contributed by atoms with Gasteiger partial charge in [-0.25, -0.2) is 4.21 Å². The Morgan fingerprint density at radius 1 is 0.652 bits per heavy atom. The highest BCUT2D eigenvalue weighted by atomic mass is 32.2. The molecule has 1 atom stereocenters. The molecule has 3 N–H and O–H groups in total. The maximum absolute atomic E-state index is 10.1. The van der Waals surface area contributed by atoms with Crippen molar-refractivity contribution in [3.05, 3.63) is 0 Å². The molecule has 0 bridgehead atoms. The molecule has 5 heteroatoms. The second-order valence-electron chi connectivity index (χ2n) is 6.33. The zero-order valence-corrected chi connectivity index (χ0v) is 16.2. The Hall–Kier alpha value is 0.0300. The Labute approximate surface area is 147 Å². The van der Waals surface area contributed by atoms with E-state index >= 15 is 0 Å². The Kier molecular flexibility index (Phi) is 24.2. The molecular weight excluding hydrogens is 310 g/mol. The van der Waals surface area contributed by atoms with Crippen molar-refractivity contribution in [2.75, 3.05) is 6.61 Å². The van der Waals surface area contributed by atoms with Crippen LogP contribution in [0.3, 0.4) is 0 Å². The lowest BCUT2D eigenvalue weighted by atomic mass is 10.0. The minimum absolute atomic E-state index is 0. The van der Waals surface area contributed by atoms with Gasteiger partial charge in [-0.05, 0) is 6.42 Å². The molecule has 0 aliphatic rings. The molecule has 0 saturated heterocycles. The molecule has 23 heavy (non-hydrogen) atoms. The molecule has 0 aliphatic carbocycles. The fourth-order valence-corrected chi connectivity index (χ4v) is 3.03. The van der Waals surface area contributed by atoms with Crippen LogP contribution in [0.1, 0.15) is 110 Å². The Morgan fingerprint density at radius 3 is 1.26 bits per heavy atom. The van der Waals surface area contributed by atoms with Gasteiger partial charge in [0, 0.05) is 0 Å². The first-order chi connectivity index (χ1) is 10.8. The summed E-state index contributed by atoms with van der Waals surface area (Å²) < 4.78 is 24.8. The maximum Gasteiger partial charge on any atom is 0.0842 e. The van der Waals surface area contributed by atoms with E-state index in [9.17, 15) is 8.76 Å². The van der Waals surface area contributed by atoms with Crippen molar-refractivity contribution in [3.63, 3.8) is 0 Å². The van der Waals surface area contributed by atoms with Crippen molar-refractivity contribution in [3.8, 4) is 0 Å². The molecule has 1 unspecified atom stereocenters. The molecule has 0 aliphatic heterocycles. The van der Waals surface area contributed by atoms with Crippen LogP contribution in [0.15, 0.2) is 0 Å². The first-order valence-electron chi connectivity index (χ1n) is 9.50. The topological polar surface area (TPSA) is 84.4 Å². The average molecular weight is 351 g/mol. The van der Waals surface area contributed by atoms with E-state index in [0.29, 0.717) is 6.61 Å². The largest absolute Gasteiger partial charge is 0.750 e. The zero-order chi connectivity index (χ0) is 16.3. The predicted molar refractivity (Wildman–Crippen MR) is 99.4 cm³/mol. The molecule has 0 aromatic heterocycles. The van der Waals surface area contributed by atoms with E-state index in [2.05, 4.69) is 11.1 Å². The summed E-state index contributed by atoms with van der Waals surface area (Å²) in [5.41, 5.74) is 0. The predicted octanol–water partition coefficient (Wildman–Crippen LogP) is 6.22. The molecule has 0 radical (unpaired) electrons. The number of hydrogen-bond acceptors (Lipinski definition) is 4. The monoisotopic (exact) mass is 350 g/mol. The second-order valence-corrected chi connectivity index (χ2v) is 6.97. The van der Waals surface area contributed by atoms with Crippen LogP contribution in [0.4, 0.5) is 0 Å². The SMILES string of the molecule is CCCCCCCCCCCCCCCCCCOS(=O)[O-].N. The van der Waals surface area contributed by atoms with Crippen molar-refractivity contribution in [2.45, 2.75) is 110 Å². The van der Waals surface area contributed by atoms with Crippen LogP contribution in [-0.4, -0.2) is 15.4 Å². The summed E-state index contributed by atoms with van der Waals surface area (Å²) in [4.78, 5) is 0. The summed E-state index contributed by atoms with van der Waals surface area (Å²) in [7, 11) is 0. The van der Waals surface area contributed by atoms with Crippen LogP contribution < -0.4 is 6.15 Å². The molecule has 0 fully saturated rings. The van der Waals surface area contributed by atoms with Crippen molar-refractivity contribution in [1.82, 2.24) is 6.15 Å². The van der Waals surface area contributed by atoms with E-state index in [1.807, 2.05) is 0 Å². The normalized spacial score (nSPS) is 12.1. The fraction of sp³-hybridized carbons (Fsp3) is 1.00. The number of rotatable bonds is 18. The van der Waals surface area contributed by atoms with E-state index in [1.165, 1.54) is 89.9 Å². The molecule has 0 saturated carbocycles. The van der Waals surface area contributed by atoms with E-state index in [0.717, 1.165) is 12.8 Å². The smallest absolute Gasteiger partial charge is 0.0842 e. The third-order valence-electron chi connectivity index (χ3n) is 4.18. The molecular formula is C18H40NO3S-. The van der Waals surface area contributed by atoms with Gasteiger partial charge >= 0.3 is 0 Å². The minimum Gasteiger partial charge on any atom is -0.750 e. The summed E-state index contributed by atoms with van der Waals surface area (Å²) in [6.45, 7) is 2.61.